The van der Waals surface area contributed by atoms with E-state index in [1.807, 2.05) is 0 Å². The summed E-state index contributed by atoms with van der Waals surface area (Å²) in [6, 6.07) is 0. The van der Waals surface area contributed by atoms with Crippen molar-refractivity contribution < 1.29 is 14.2 Å². The van der Waals surface area contributed by atoms with Gasteiger partial charge in [-0.05, 0) is 6.42 Å². The maximum absolute atomic E-state index is 5.23. The summed E-state index contributed by atoms with van der Waals surface area (Å²) in [5.74, 6) is 0. The standard InChI is InChI=1S/C6H10O3.C5H6/c1(5-3-8-5)7-2-6-4-9-6;1-2-4-5-3-1/h5-6H,1-4H2;1-4H,5H2. The second kappa shape index (κ2) is 5.29. The Morgan fingerprint density at radius 3 is 1.79 bits per heavy atom. The summed E-state index contributed by atoms with van der Waals surface area (Å²) in [7, 11) is 0. The van der Waals surface area contributed by atoms with Gasteiger partial charge < -0.3 is 14.2 Å². The van der Waals surface area contributed by atoms with Gasteiger partial charge in [0.25, 0.3) is 0 Å². The van der Waals surface area contributed by atoms with Gasteiger partial charge in [-0.3, -0.25) is 0 Å². The highest BCUT2D eigenvalue weighted by molar-refractivity contribution is 5.11. The van der Waals surface area contributed by atoms with Gasteiger partial charge in [-0.2, -0.15) is 0 Å². The van der Waals surface area contributed by atoms with Crippen molar-refractivity contribution in [1.82, 2.24) is 0 Å². The maximum Gasteiger partial charge on any atom is 0.104 e. The van der Waals surface area contributed by atoms with E-state index in [9.17, 15) is 0 Å². The van der Waals surface area contributed by atoms with Gasteiger partial charge in [0.1, 0.15) is 12.2 Å². The molecule has 2 aliphatic heterocycles. The topological polar surface area (TPSA) is 34.3 Å². The molecule has 2 atom stereocenters. The number of ether oxygens (including phenoxy) is 3. The predicted octanol–water partition coefficient (Wildman–Crippen LogP) is 1.30. The minimum absolute atomic E-state index is 0.392. The van der Waals surface area contributed by atoms with Crippen molar-refractivity contribution in [3.63, 3.8) is 0 Å². The van der Waals surface area contributed by atoms with E-state index in [2.05, 4.69) is 24.3 Å². The van der Waals surface area contributed by atoms with Crippen molar-refractivity contribution in [2.45, 2.75) is 18.6 Å². The summed E-state index contributed by atoms with van der Waals surface area (Å²) >= 11 is 0. The van der Waals surface area contributed by atoms with Gasteiger partial charge in [0.2, 0.25) is 0 Å². The van der Waals surface area contributed by atoms with E-state index in [4.69, 9.17) is 14.2 Å². The lowest BCUT2D eigenvalue weighted by atomic mass is 10.5. The molecular formula is C11H16O3. The van der Waals surface area contributed by atoms with Crippen molar-refractivity contribution in [3.05, 3.63) is 24.3 Å². The zero-order chi connectivity index (χ0) is 9.64. The Bertz CT molecular complexity index is 193. The van der Waals surface area contributed by atoms with E-state index in [1.54, 1.807) is 0 Å². The van der Waals surface area contributed by atoms with Gasteiger partial charge >= 0.3 is 0 Å². The second-order valence-corrected chi connectivity index (χ2v) is 3.54. The van der Waals surface area contributed by atoms with Crippen LogP contribution in [0.5, 0.6) is 0 Å². The number of hydrogen-bond acceptors (Lipinski definition) is 3. The molecule has 2 saturated heterocycles. The first-order valence-corrected chi connectivity index (χ1v) is 5.08. The quantitative estimate of drug-likeness (QED) is 0.636. The van der Waals surface area contributed by atoms with Crippen molar-refractivity contribution in [2.24, 2.45) is 0 Å². The minimum Gasteiger partial charge on any atom is -0.376 e. The molecule has 3 nitrogen and oxygen atoms in total. The summed E-state index contributed by atoms with van der Waals surface area (Å²) in [4.78, 5) is 0. The number of rotatable bonds is 4. The first-order chi connectivity index (χ1) is 6.95. The SMILES string of the molecule is C(OCC1CO1)C1CO1.C1=CCC=C1. The molecule has 3 heteroatoms. The van der Waals surface area contributed by atoms with Crippen LogP contribution in [0.15, 0.2) is 24.3 Å². The molecule has 3 rings (SSSR count). The minimum atomic E-state index is 0.392. The zero-order valence-corrected chi connectivity index (χ0v) is 8.22. The molecule has 14 heavy (non-hydrogen) atoms. The van der Waals surface area contributed by atoms with Gasteiger partial charge in [0.05, 0.1) is 26.4 Å². The molecule has 0 saturated carbocycles. The van der Waals surface area contributed by atoms with Crippen LogP contribution >= 0.6 is 0 Å². The Hall–Kier alpha value is -0.640. The summed E-state index contributed by atoms with van der Waals surface area (Å²) in [6.07, 6.45) is 10.3. The third-order valence-electron chi connectivity index (χ3n) is 2.07. The van der Waals surface area contributed by atoms with Crippen LogP contribution in [0, 0.1) is 0 Å². The Labute approximate surface area is 84.3 Å². The average molecular weight is 196 g/mol. The molecule has 0 aromatic heterocycles. The lowest BCUT2D eigenvalue weighted by Crippen LogP contribution is -2.06. The number of hydrogen-bond donors (Lipinski definition) is 0. The van der Waals surface area contributed by atoms with E-state index in [1.165, 1.54) is 0 Å². The van der Waals surface area contributed by atoms with Crippen LogP contribution in [-0.2, 0) is 14.2 Å². The van der Waals surface area contributed by atoms with Crippen LogP contribution in [0.2, 0.25) is 0 Å². The largest absolute Gasteiger partial charge is 0.376 e. The molecule has 0 aromatic carbocycles. The van der Waals surface area contributed by atoms with Crippen LogP contribution in [0.4, 0.5) is 0 Å². The molecular weight excluding hydrogens is 180 g/mol. The van der Waals surface area contributed by atoms with Gasteiger partial charge in [0, 0.05) is 0 Å². The van der Waals surface area contributed by atoms with Gasteiger partial charge in [-0.25, -0.2) is 0 Å². The summed E-state index contributed by atoms with van der Waals surface area (Å²) in [5.41, 5.74) is 0. The Morgan fingerprint density at radius 2 is 1.50 bits per heavy atom. The normalized spacial score (nSPS) is 31.1. The highest BCUT2D eigenvalue weighted by Crippen LogP contribution is 2.12. The highest BCUT2D eigenvalue weighted by atomic mass is 16.6. The summed E-state index contributed by atoms with van der Waals surface area (Å²) in [5, 5.41) is 0. The number of epoxide rings is 2. The molecule has 0 radical (unpaired) electrons. The van der Waals surface area contributed by atoms with E-state index >= 15 is 0 Å². The van der Waals surface area contributed by atoms with E-state index in [-0.39, 0.29) is 0 Å². The molecule has 2 heterocycles. The fourth-order valence-corrected chi connectivity index (χ4v) is 1.05. The monoisotopic (exact) mass is 196 g/mol. The lowest BCUT2D eigenvalue weighted by molar-refractivity contribution is 0.102. The molecule has 2 unspecified atom stereocenters. The molecule has 0 aromatic rings. The molecule has 3 aliphatic rings. The molecule has 0 N–H and O–H groups in total. The third kappa shape index (κ3) is 4.56. The third-order valence-corrected chi connectivity index (χ3v) is 2.07. The first kappa shape index (κ1) is 9.90. The van der Waals surface area contributed by atoms with Crippen molar-refractivity contribution in [2.75, 3.05) is 26.4 Å². The van der Waals surface area contributed by atoms with Crippen LogP contribution in [0.3, 0.4) is 0 Å². The van der Waals surface area contributed by atoms with Crippen molar-refractivity contribution in [1.29, 1.82) is 0 Å². The lowest BCUT2D eigenvalue weighted by Gasteiger charge is -1.95. The average Bonchev–Trinajstić information content (AvgIpc) is 3.12. The summed E-state index contributed by atoms with van der Waals surface area (Å²) in [6.45, 7) is 3.26. The smallest absolute Gasteiger partial charge is 0.104 e. The maximum atomic E-state index is 5.23. The van der Waals surface area contributed by atoms with E-state index in [0.29, 0.717) is 12.2 Å². The zero-order valence-electron chi connectivity index (χ0n) is 8.22. The van der Waals surface area contributed by atoms with Gasteiger partial charge in [-0.15, -0.1) is 0 Å². The molecule has 0 bridgehead atoms. The molecule has 78 valence electrons. The highest BCUT2D eigenvalue weighted by Gasteiger charge is 2.26. The Kier molecular flexibility index (Phi) is 3.74. The van der Waals surface area contributed by atoms with Crippen molar-refractivity contribution >= 4 is 0 Å². The molecule has 2 fully saturated rings. The first-order valence-electron chi connectivity index (χ1n) is 5.08. The van der Waals surface area contributed by atoms with E-state index in [0.717, 1.165) is 32.8 Å². The molecule has 0 amide bonds. The van der Waals surface area contributed by atoms with Gasteiger partial charge in [0.15, 0.2) is 0 Å². The Balaban J connectivity index is 0.000000128. The van der Waals surface area contributed by atoms with Gasteiger partial charge in [-0.1, -0.05) is 24.3 Å². The summed E-state index contributed by atoms with van der Waals surface area (Å²) < 4.78 is 15.1. The van der Waals surface area contributed by atoms with Crippen LogP contribution in [-0.4, -0.2) is 38.6 Å². The number of allylic oxidation sites excluding steroid dienone is 4. The van der Waals surface area contributed by atoms with Crippen LogP contribution < -0.4 is 0 Å². The van der Waals surface area contributed by atoms with Crippen LogP contribution in [0.1, 0.15) is 6.42 Å². The second-order valence-electron chi connectivity index (χ2n) is 3.54. The predicted molar refractivity (Wildman–Crippen MR) is 53.2 cm³/mol. The fourth-order valence-electron chi connectivity index (χ4n) is 1.05. The van der Waals surface area contributed by atoms with Crippen molar-refractivity contribution in [3.8, 4) is 0 Å². The fraction of sp³-hybridized carbons (Fsp3) is 0.636. The molecule has 0 spiro atoms. The van der Waals surface area contributed by atoms with Crippen LogP contribution in [0.25, 0.3) is 0 Å². The molecule has 1 aliphatic carbocycles. The van der Waals surface area contributed by atoms with E-state index < -0.39 is 0 Å². The Morgan fingerprint density at radius 1 is 1.00 bits per heavy atom.